The van der Waals surface area contributed by atoms with Crippen molar-refractivity contribution in [3.8, 4) is 6.07 Å². The monoisotopic (exact) mass is 207 g/mol. The number of hydrogen-bond donors (Lipinski definition) is 2. The Morgan fingerprint density at radius 2 is 2.29 bits per heavy atom. The molecule has 4 heteroatoms. The number of nitriles is 1. The van der Waals surface area contributed by atoms with E-state index >= 15 is 0 Å². The fourth-order valence-corrected chi connectivity index (χ4v) is 1.58. The fraction of sp³-hybridized carbons (Fsp3) is 0.200. The van der Waals surface area contributed by atoms with Gasteiger partial charge in [0.05, 0.1) is 11.1 Å². The zero-order chi connectivity index (χ0) is 10.7. The molecule has 0 aliphatic heterocycles. The molecule has 1 N–H and O–H groups in total. The number of benzene rings is 1. The molecule has 0 amide bonds. The Labute approximate surface area is 87.4 Å². The van der Waals surface area contributed by atoms with Crippen molar-refractivity contribution in [3.05, 3.63) is 28.8 Å². The Morgan fingerprint density at radius 3 is 2.71 bits per heavy atom. The number of hydrogen-bond acceptors (Lipinski definition) is 3. The molecule has 0 bridgehead atoms. The summed E-state index contributed by atoms with van der Waals surface area (Å²) in [6, 6.07) is 5.12. The van der Waals surface area contributed by atoms with Gasteiger partial charge >= 0.3 is 5.97 Å². The van der Waals surface area contributed by atoms with Gasteiger partial charge in [0.2, 0.25) is 0 Å². The summed E-state index contributed by atoms with van der Waals surface area (Å²) in [5.74, 6) is -1.12. The van der Waals surface area contributed by atoms with Crippen LogP contribution in [0.25, 0.3) is 0 Å². The molecule has 3 nitrogen and oxygen atoms in total. The van der Waals surface area contributed by atoms with Gasteiger partial charge in [-0.2, -0.15) is 5.26 Å². The molecule has 0 aliphatic carbocycles. The summed E-state index contributed by atoms with van der Waals surface area (Å²) in [6.45, 7) is 1.93. The lowest BCUT2D eigenvalue weighted by atomic mass is 10.0. The predicted octanol–water partition coefficient (Wildman–Crippen LogP) is 2.11. The Hall–Kier alpha value is -1.47. The van der Waals surface area contributed by atoms with E-state index in [1.807, 2.05) is 13.0 Å². The first-order valence-corrected chi connectivity index (χ1v) is 4.54. The van der Waals surface area contributed by atoms with Crippen LogP contribution in [0.4, 0.5) is 0 Å². The number of aryl methyl sites for hydroxylation is 1. The van der Waals surface area contributed by atoms with Gasteiger partial charge in [0.25, 0.3) is 0 Å². The van der Waals surface area contributed by atoms with E-state index in [2.05, 4.69) is 12.6 Å². The van der Waals surface area contributed by atoms with Crippen molar-refractivity contribution >= 4 is 18.6 Å². The average Bonchev–Trinajstić information content (AvgIpc) is 2.15. The van der Waals surface area contributed by atoms with Gasteiger partial charge in [-0.3, -0.25) is 0 Å². The molecule has 72 valence electrons. The molecular weight excluding hydrogens is 198 g/mol. The predicted molar refractivity (Wildman–Crippen MR) is 54.7 cm³/mol. The van der Waals surface area contributed by atoms with Gasteiger partial charge in [0, 0.05) is 4.90 Å². The molecule has 1 aromatic rings. The van der Waals surface area contributed by atoms with E-state index in [9.17, 15) is 4.79 Å². The van der Waals surface area contributed by atoms with E-state index < -0.39 is 5.97 Å². The molecule has 0 fully saturated rings. The van der Waals surface area contributed by atoms with E-state index in [4.69, 9.17) is 10.4 Å². The summed E-state index contributed by atoms with van der Waals surface area (Å²) in [6.07, 6.45) is 0.752. The summed E-state index contributed by atoms with van der Waals surface area (Å²) < 4.78 is 0. The van der Waals surface area contributed by atoms with Crippen LogP contribution in [-0.2, 0) is 6.42 Å². The summed E-state index contributed by atoms with van der Waals surface area (Å²) >= 11 is 4.05. The van der Waals surface area contributed by atoms with E-state index in [1.165, 1.54) is 0 Å². The van der Waals surface area contributed by atoms with Crippen LogP contribution in [0.5, 0.6) is 0 Å². The maximum atomic E-state index is 10.8. The molecule has 0 spiro atoms. The van der Waals surface area contributed by atoms with Crippen LogP contribution in [0.1, 0.15) is 28.4 Å². The standard InChI is InChI=1S/C10H9NO2S/c1-2-6-3-7(5-11)9(10(12)13)8(14)4-6/h3-4,14H,2H2,1H3,(H,12,13). The average molecular weight is 207 g/mol. The zero-order valence-electron chi connectivity index (χ0n) is 7.61. The Bertz CT molecular complexity index is 421. The molecule has 0 unspecified atom stereocenters. The van der Waals surface area contributed by atoms with Crippen LogP contribution in [0.15, 0.2) is 17.0 Å². The Kier molecular flexibility index (Phi) is 3.15. The van der Waals surface area contributed by atoms with Gasteiger partial charge in [0.1, 0.15) is 6.07 Å². The first-order valence-electron chi connectivity index (χ1n) is 4.09. The molecule has 0 atom stereocenters. The minimum atomic E-state index is -1.12. The second-order valence-electron chi connectivity index (χ2n) is 2.81. The van der Waals surface area contributed by atoms with Gasteiger partial charge < -0.3 is 5.11 Å². The minimum absolute atomic E-state index is 0.0203. The van der Waals surface area contributed by atoms with Crippen molar-refractivity contribution in [1.29, 1.82) is 5.26 Å². The maximum Gasteiger partial charge on any atom is 0.338 e. The molecule has 0 aromatic heterocycles. The Balaban J connectivity index is 3.44. The number of nitrogens with zero attached hydrogens (tertiary/aromatic N) is 1. The third-order valence-corrected chi connectivity index (χ3v) is 2.27. The topological polar surface area (TPSA) is 61.1 Å². The first kappa shape index (κ1) is 10.6. The van der Waals surface area contributed by atoms with Gasteiger partial charge in [-0.1, -0.05) is 6.92 Å². The lowest BCUT2D eigenvalue weighted by Crippen LogP contribution is -2.03. The summed E-state index contributed by atoms with van der Waals surface area (Å²) in [5, 5.41) is 17.6. The smallest absolute Gasteiger partial charge is 0.338 e. The van der Waals surface area contributed by atoms with Crippen LogP contribution < -0.4 is 0 Å². The molecular formula is C10H9NO2S. The highest BCUT2D eigenvalue weighted by molar-refractivity contribution is 7.80. The SMILES string of the molecule is CCc1cc(S)c(C(=O)O)c(C#N)c1. The second kappa shape index (κ2) is 4.16. The van der Waals surface area contributed by atoms with E-state index in [1.54, 1.807) is 12.1 Å². The number of carbonyl (C=O) groups is 1. The highest BCUT2D eigenvalue weighted by Crippen LogP contribution is 2.21. The van der Waals surface area contributed by atoms with Gasteiger partial charge in [-0.15, -0.1) is 12.6 Å². The first-order chi connectivity index (χ1) is 6.60. The molecule has 0 saturated carbocycles. The van der Waals surface area contributed by atoms with Crippen molar-refractivity contribution in [2.75, 3.05) is 0 Å². The van der Waals surface area contributed by atoms with Gasteiger partial charge in [0.15, 0.2) is 0 Å². The van der Waals surface area contributed by atoms with Crippen LogP contribution in [0, 0.1) is 11.3 Å². The highest BCUT2D eigenvalue weighted by Gasteiger charge is 2.14. The van der Waals surface area contributed by atoms with E-state index in [0.717, 1.165) is 12.0 Å². The molecule has 0 radical (unpaired) electrons. The summed E-state index contributed by atoms with van der Waals surface area (Å²) in [5.41, 5.74) is 1.06. The van der Waals surface area contributed by atoms with Crippen molar-refractivity contribution < 1.29 is 9.90 Å². The number of carboxylic acid groups (broad SMARTS) is 1. The summed E-state index contributed by atoms with van der Waals surface area (Å²) in [7, 11) is 0. The van der Waals surface area contributed by atoms with E-state index in [0.29, 0.717) is 4.90 Å². The largest absolute Gasteiger partial charge is 0.478 e. The molecule has 1 aromatic carbocycles. The number of aromatic carboxylic acids is 1. The second-order valence-corrected chi connectivity index (χ2v) is 3.29. The quantitative estimate of drug-likeness (QED) is 0.730. The zero-order valence-corrected chi connectivity index (χ0v) is 8.51. The van der Waals surface area contributed by atoms with Crippen LogP contribution in [0.2, 0.25) is 0 Å². The van der Waals surface area contributed by atoms with Crippen LogP contribution in [0.3, 0.4) is 0 Å². The number of carboxylic acids is 1. The molecule has 0 aliphatic rings. The molecule has 0 heterocycles. The number of thiol groups is 1. The van der Waals surface area contributed by atoms with Gasteiger partial charge in [-0.25, -0.2) is 4.79 Å². The lowest BCUT2D eigenvalue weighted by Gasteiger charge is -2.05. The Morgan fingerprint density at radius 1 is 1.64 bits per heavy atom. The molecule has 14 heavy (non-hydrogen) atoms. The lowest BCUT2D eigenvalue weighted by molar-refractivity contribution is 0.0693. The van der Waals surface area contributed by atoms with Crippen molar-refractivity contribution in [3.63, 3.8) is 0 Å². The maximum absolute atomic E-state index is 10.8. The van der Waals surface area contributed by atoms with Crippen molar-refractivity contribution in [2.45, 2.75) is 18.2 Å². The molecule has 1 rings (SSSR count). The summed E-state index contributed by atoms with van der Waals surface area (Å²) in [4.78, 5) is 11.1. The normalized spacial score (nSPS) is 9.50. The molecule has 0 saturated heterocycles. The van der Waals surface area contributed by atoms with Gasteiger partial charge in [-0.05, 0) is 24.1 Å². The van der Waals surface area contributed by atoms with Crippen molar-refractivity contribution in [1.82, 2.24) is 0 Å². The minimum Gasteiger partial charge on any atom is -0.478 e. The number of rotatable bonds is 2. The third kappa shape index (κ3) is 1.88. The van der Waals surface area contributed by atoms with Crippen molar-refractivity contribution in [2.24, 2.45) is 0 Å². The van der Waals surface area contributed by atoms with Crippen LogP contribution >= 0.6 is 12.6 Å². The fourth-order valence-electron chi connectivity index (χ4n) is 1.20. The third-order valence-electron chi connectivity index (χ3n) is 1.92. The van der Waals surface area contributed by atoms with Crippen LogP contribution in [-0.4, -0.2) is 11.1 Å². The van der Waals surface area contributed by atoms with E-state index in [-0.39, 0.29) is 11.1 Å². The highest BCUT2D eigenvalue weighted by atomic mass is 32.1.